The summed E-state index contributed by atoms with van der Waals surface area (Å²) < 4.78 is 0. The van der Waals surface area contributed by atoms with E-state index in [1.54, 1.807) is 0 Å². The van der Waals surface area contributed by atoms with E-state index in [0.717, 1.165) is 61.9 Å². The molecular formula is C23H24N2O3S2-2. The summed E-state index contributed by atoms with van der Waals surface area (Å²) >= 11 is 2.90. The summed E-state index contributed by atoms with van der Waals surface area (Å²) in [4.78, 5) is 18.6. The average molecular weight is 441 g/mol. The molecule has 0 aromatic carbocycles. The van der Waals surface area contributed by atoms with Crippen molar-refractivity contribution in [2.24, 2.45) is 0 Å². The number of piperidine rings is 2. The van der Waals surface area contributed by atoms with Crippen LogP contribution in [-0.4, -0.2) is 32.0 Å². The van der Waals surface area contributed by atoms with Gasteiger partial charge in [0.15, 0.2) is 5.78 Å². The molecule has 2 fully saturated rings. The topological polar surface area (TPSA) is 69.7 Å². The molecule has 4 heterocycles. The molecule has 0 bridgehead atoms. The smallest absolute Gasteiger partial charge is 0.179 e. The molecule has 0 radical (unpaired) electrons. The minimum Gasteiger partial charge on any atom is -0.872 e. The highest BCUT2D eigenvalue weighted by atomic mass is 32.1. The molecule has 2 saturated heterocycles. The average Bonchev–Trinajstić information content (AvgIpc) is 3.49. The molecule has 2 aromatic heterocycles. The predicted octanol–water partition coefficient (Wildman–Crippen LogP) is 3.22. The van der Waals surface area contributed by atoms with E-state index in [0.29, 0.717) is 9.75 Å². The first-order valence-corrected chi connectivity index (χ1v) is 12.3. The fourth-order valence-electron chi connectivity index (χ4n) is 4.50. The highest BCUT2D eigenvalue weighted by Crippen LogP contribution is 2.43. The Morgan fingerprint density at radius 2 is 1.10 bits per heavy atom. The number of nitrogens with zero attached hydrogens (tertiary/aromatic N) is 2. The largest absolute Gasteiger partial charge is 0.872 e. The van der Waals surface area contributed by atoms with Gasteiger partial charge < -0.3 is 20.0 Å². The summed E-state index contributed by atoms with van der Waals surface area (Å²) in [5.74, 6) is -1.73. The molecule has 158 valence electrons. The Balaban J connectivity index is 1.43. The fraction of sp³-hybridized carbons (Fsp3) is 0.435. The Kier molecular flexibility index (Phi) is 5.33. The summed E-state index contributed by atoms with van der Waals surface area (Å²) in [5.41, 5.74) is 0.104. The van der Waals surface area contributed by atoms with E-state index in [-0.39, 0.29) is 11.1 Å². The van der Waals surface area contributed by atoms with Crippen molar-refractivity contribution in [2.45, 2.75) is 38.5 Å². The second-order valence-corrected chi connectivity index (χ2v) is 10.2. The van der Waals surface area contributed by atoms with Crippen LogP contribution in [0, 0.1) is 0 Å². The Morgan fingerprint density at radius 1 is 0.633 bits per heavy atom. The lowest BCUT2D eigenvalue weighted by Crippen LogP contribution is -2.28. The molecule has 7 heteroatoms. The van der Waals surface area contributed by atoms with Crippen molar-refractivity contribution >= 4 is 49.6 Å². The molecule has 0 atom stereocenters. The summed E-state index contributed by atoms with van der Waals surface area (Å²) in [6.07, 6.45) is 7.14. The van der Waals surface area contributed by atoms with Gasteiger partial charge in [0.05, 0.1) is 10.0 Å². The lowest BCUT2D eigenvalue weighted by Gasteiger charge is -2.27. The maximum atomic E-state index is 13.2. The molecule has 0 spiro atoms. The molecule has 5 nitrogen and oxygen atoms in total. The van der Waals surface area contributed by atoms with E-state index in [2.05, 4.69) is 9.80 Å². The molecule has 1 aliphatic carbocycles. The van der Waals surface area contributed by atoms with Crippen molar-refractivity contribution in [3.63, 3.8) is 0 Å². The zero-order valence-electron chi connectivity index (χ0n) is 16.8. The Hall–Kier alpha value is -2.25. The van der Waals surface area contributed by atoms with Crippen molar-refractivity contribution in [3.8, 4) is 0 Å². The quantitative estimate of drug-likeness (QED) is 0.730. The zero-order valence-corrected chi connectivity index (χ0v) is 18.4. The van der Waals surface area contributed by atoms with Crippen molar-refractivity contribution in [2.75, 3.05) is 36.0 Å². The molecule has 0 unspecified atom stereocenters. The first-order chi connectivity index (χ1) is 14.6. The number of carbonyl (C=O) groups excluding carboxylic acids is 1. The van der Waals surface area contributed by atoms with Crippen LogP contribution in [0.15, 0.2) is 35.8 Å². The molecular weight excluding hydrogens is 416 g/mol. The van der Waals surface area contributed by atoms with Gasteiger partial charge in [-0.2, -0.15) is 0 Å². The Morgan fingerprint density at radius 3 is 1.60 bits per heavy atom. The summed E-state index contributed by atoms with van der Waals surface area (Å²) in [6.45, 7) is 4.01. The number of rotatable bonds is 4. The van der Waals surface area contributed by atoms with Crippen LogP contribution in [0.4, 0.5) is 10.0 Å². The van der Waals surface area contributed by atoms with Crippen molar-refractivity contribution < 1.29 is 15.0 Å². The standard InChI is InChI=1S/C23H26N2O3S2/c26-21-19(15-7-9-17(29-15)24-11-3-1-4-12-24)22(27)23(28)20(21)16-8-10-18(30-16)25-13-5-2-6-14-25/h7-10,26H,1-6,11-14H2,(H,27,28)/p-2. The monoisotopic (exact) mass is 440 g/mol. The first kappa shape index (κ1) is 19.7. The highest BCUT2D eigenvalue weighted by molar-refractivity contribution is 7.18. The van der Waals surface area contributed by atoms with Crippen LogP contribution in [0.2, 0.25) is 0 Å². The third kappa shape index (κ3) is 3.44. The lowest BCUT2D eigenvalue weighted by molar-refractivity contribution is -0.301. The van der Waals surface area contributed by atoms with Crippen LogP contribution >= 0.6 is 22.7 Å². The first-order valence-electron chi connectivity index (χ1n) is 10.7. The lowest BCUT2D eigenvalue weighted by atomic mass is 10.1. The van der Waals surface area contributed by atoms with Gasteiger partial charge in [-0.3, -0.25) is 4.79 Å². The van der Waals surface area contributed by atoms with E-state index in [9.17, 15) is 15.0 Å². The molecule has 0 amide bonds. The van der Waals surface area contributed by atoms with Gasteiger partial charge in [0, 0.05) is 41.5 Å². The van der Waals surface area contributed by atoms with Crippen LogP contribution in [0.5, 0.6) is 0 Å². The molecule has 5 rings (SSSR count). The van der Waals surface area contributed by atoms with Crippen molar-refractivity contribution in [3.05, 3.63) is 45.5 Å². The normalized spacial score (nSPS) is 20.6. The summed E-state index contributed by atoms with van der Waals surface area (Å²) in [7, 11) is 0. The predicted molar refractivity (Wildman–Crippen MR) is 120 cm³/mol. The van der Waals surface area contributed by atoms with E-state index < -0.39 is 17.3 Å². The third-order valence-electron chi connectivity index (χ3n) is 6.13. The minimum atomic E-state index is -0.657. The fourth-order valence-corrected chi connectivity index (χ4v) is 6.69. The molecule has 3 aliphatic rings. The van der Waals surface area contributed by atoms with Crippen molar-refractivity contribution in [1.82, 2.24) is 0 Å². The summed E-state index contributed by atoms with van der Waals surface area (Å²) in [5, 5.41) is 28.1. The van der Waals surface area contributed by atoms with Crippen LogP contribution in [-0.2, 0) is 4.79 Å². The third-order valence-corrected chi connectivity index (χ3v) is 8.45. The van der Waals surface area contributed by atoms with Gasteiger partial charge in [0.2, 0.25) is 0 Å². The van der Waals surface area contributed by atoms with Gasteiger partial charge in [-0.25, -0.2) is 0 Å². The minimum absolute atomic E-state index is 0.0520. The van der Waals surface area contributed by atoms with E-state index >= 15 is 0 Å². The van der Waals surface area contributed by atoms with Gasteiger partial charge >= 0.3 is 0 Å². The number of hydrogen-bond donors (Lipinski definition) is 0. The number of anilines is 2. The number of thiophene rings is 2. The van der Waals surface area contributed by atoms with Crippen LogP contribution in [0.3, 0.4) is 0 Å². The molecule has 2 aromatic rings. The second kappa shape index (κ2) is 8.12. The van der Waals surface area contributed by atoms with E-state index in [1.165, 1.54) is 35.5 Å². The van der Waals surface area contributed by atoms with Gasteiger partial charge in [0.25, 0.3) is 0 Å². The number of carbonyl (C=O) groups is 1. The zero-order chi connectivity index (χ0) is 20.7. The van der Waals surface area contributed by atoms with E-state index in [1.807, 2.05) is 24.3 Å². The second-order valence-electron chi connectivity index (χ2n) is 8.11. The summed E-state index contributed by atoms with van der Waals surface area (Å²) in [6, 6.07) is 7.59. The van der Waals surface area contributed by atoms with Crippen LogP contribution in [0.25, 0.3) is 11.1 Å². The Labute approximate surface area is 184 Å². The van der Waals surface area contributed by atoms with Crippen LogP contribution in [0.1, 0.15) is 48.3 Å². The maximum absolute atomic E-state index is 13.2. The molecule has 2 aliphatic heterocycles. The molecule has 0 N–H and O–H groups in total. The highest BCUT2D eigenvalue weighted by Gasteiger charge is 2.27. The van der Waals surface area contributed by atoms with Gasteiger partial charge in [0.1, 0.15) is 0 Å². The number of allylic oxidation sites excluding steroid dienone is 2. The van der Waals surface area contributed by atoms with Gasteiger partial charge in [-0.1, -0.05) is 11.5 Å². The molecule has 30 heavy (non-hydrogen) atoms. The van der Waals surface area contributed by atoms with Gasteiger partial charge in [-0.05, 0) is 68.4 Å². The Bertz CT molecular complexity index is 1020. The van der Waals surface area contributed by atoms with Gasteiger partial charge in [-0.15, -0.1) is 22.7 Å². The number of Topliss-reactive ketones (excluding diaryl/α,β-unsaturated/α-hetero) is 1. The maximum Gasteiger partial charge on any atom is 0.179 e. The molecule has 0 saturated carbocycles. The SMILES string of the molecule is O=C1C([O-])=C(c2ccc(N3CCCCC3)s2)C([O-])=C1c1ccc(N2CCCCC2)s1. The number of hydrogen-bond acceptors (Lipinski definition) is 7. The van der Waals surface area contributed by atoms with E-state index in [4.69, 9.17) is 0 Å². The van der Waals surface area contributed by atoms with Crippen LogP contribution < -0.4 is 20.0 Å². The number of ketones is 1. The van der Waals surface area contributed by atoms with Crippen molar-refractivity contribution in [1.29, 1.82) is 0 Å².